The summed E-state index contributed by atoms with van der Waals surface area (Å²) in [6, 6.07) is 4.20. The zero-order valence-corrected chi connectivity index (χ0v) is 10.3. The molecular formula is C14H15ClF2. The Kier molecular flexibility index (Phi) is 2.66. The largest absolute Gasteiger partial charge is 0.204 e. The van der Waals surface area contributed by atoms with E-state index in [-0.39, 0.29) is 5.41 Å². The first-order valence-corrected chi connectivity index (χ1v) is 6.65. The minimum Gasteiger partial charge on any atom is -0.204 e. The third kappa shape index (κ3) is 2.08. The molecule has 0 aromatic heterocycles. The lowest BCUT2D eigenvalue weighted by Gasteiger charge is -2.28. The summed E-state index contributed by atoms with van der Waals surface area (Å²) < 4.78 is 26.0. The van der Waals surface area contributed by atoms with E-state index in [1.807, 2.05) is 0 Å². The van der Waals surface area contributed by atoms with Crippen LogP contribution in [-0.4, -0.2) is 5.88 Å². The monoisotopic (exact) mass is 256 g/mol. The highest BCUT2D eigenvalue weighted by Gasteiger charge is 2.53. The molecule has 0 saturated heterocycles. The predicted molar refractivity (Wildman–Crippen MR) is 64.0 cm³/mol. The summed E-state index contributed by atoms with van der Waals surface area (Å²) in [5, 5.41) is 0. The Morgan fingerprint density at radius 2 is 1.88 bits per heavy atom. The molecule has 0 bridgehead atoms. The average molecular weight is 257 g/mol. The Labute approximate surface area is 105 Å². The topological polar surface area (TPSA) is 0 Å². The summed E-state index contributed by atoms with van der Waals surface area (Å²) >= 11 is 6.10. The van der Waals surface area contributed by atoms with Crippen molar-refractivity contribution in [1.29, 1.82) is 0 Å². The van der Waals surface area contributed by atoms with Crippen LogP contribution in [0.15, 0.2) is 18.2 Å². The molecule has 0 amide bonds. The zero-order valence-electron chi connectivity index (χ0n) is 9.56. The average Bonchev–Trinajstić information content (AvgIpc) is 2.93. The van der Waals surface area contributed by atoms with Gasteiger partial charge in [-0.05, 0) is 60.6 Å². The number of benzene rings is 1. The SMILES string of the molecule is Fc1ccc(CC2(CCl)CC3CC3C2)cc1F. The molecule has 0 spiro atoms. The molecule has 92 valence electrons. The van der Waals surface area contributed by atoms with Gasteiger partial charge in [0.25, 0.3) is 0 Å². The Morgan fingerprint density at radius 3 is 2.47 bits per heavy atom. The second-order valence-corrected chi connectivity index (χ2v) is 5.99. The Hall–Kier alpha value is -0.630. The molecule has 17 heavy (non-hydrogen) atoms. The summed E-state index contributed by atoms with van der Waals surface area (Å²) in [6.45, 7) is 0. The molecule has 2 fully saturated rings. The lowest BCUT2D eigenvalue weighted by atomic mass is 9.79. The van der Waals surface area contributed by atoms with E-state index in [4.69, 9.17) is 11.6 Å². The molecule has 2 aliphatic rings. The number of halogens is 3. The first-order valence-electron chi connectivity index (χ1n) is 6.12. The van der Waals surface area contributed by atoms with Gasteiger partial charge in [-0.3, -0.25) is 0 Å². The van der Waals surface area contributed by atoms with Gasteiger partial charge in [-0.25, -0.2) is 8.78 Å². The van der Waals surface area contributed by atoms with Crippen LogP contribution in [0, 0.1) is 28.9 Å². The molecular weight excluding hydrogens is 242 g/mol. The first-order chi connectivity index (χ1) is 8.12. The number of hydrogen-bond donors (Lipinski definition) is 0. The van der Waals surface area contributed by atoms with Crippen LogP contribution in [0.2, 0.25) is 0 Å². The Bertz CT molecular complexity index is 434. The fourth-order valence-corrected chi connectivity index (χ4v) is 3.70. The lowest BCUT2D eigenvalue weighted by molar-refractivity contribution is 0.302. The Morgan fingerprint density at radius 1 is 1.18 bits per heavy atom. The molecule has 1 aromatic carbocycles. The second-order valence-electron chi connectivity index (χ2n) is 5.72. The van der Waals surface area contributed by atoms with Crippen molar-refractivity contribution >= 4 is 11.6 Å². The van der Waals surface area contributed by atoms with Crippen molar-refractivity contribution in [3.05, 3.63) is 35.4 Å². The van der Waals surface area contributed by atoms with Gasteiger partial charge >= 0.3 is 0 Å². The normalized spacial score (nSPS) is 34.8. The van der Waals surface area contributed by atoms with Gasteiger partial charge in [-0.2, -0.15) is 0 Å². The Balaban J connectivity index is 1.78. The second kappa shape index (κ2) is 3.94. The first kappa shape index (κ1) is 11.5. The third-order valence-electron chi connectivity index (χ3n) is 4.31. The summed E-state index contributed by atoms with van der Waals surface area (Å²) in [7, 11) is 0. The zero-order chi connectivity index (χ0) is 12.0. The van der Waals surface area contributed by atoms with Crippen LogP contribution in [0.25, 0.3) is 0 Å². The smallest absolute Gasteiger partial charge is 0.159 e. The molecule has 0 aliphatic heterocycles. The fourth-order valence-electron chi connectivity index (χ4n) is 3.39. The van der Waals surface area contributed by atoms with Crippen molar-refractivity contribution < 1.29 is 8.78 Å². The van der Waals surface area contributed by atoms with Crippen molar-refractivity contribution in [3.8, 4) is 0 Å². The molecule has 3 rings (SSSR count). The van der Waals surface area contributed by atoms with Crippen LogP contribution >= 0.6 is 11.6 Å². The van der Waals surface area contributed by atoms with E-state index in [0.29, 0.717) is 5.88 Å². The van der Waals surface area contributed by atoms with Crippen molar-refractivity contribution in [2.75, 3.05) is 5.88 Å². The third-order valence-corrected chi connectivity index (χ3v) is 4.87. The van der Waals surface area contributed by atoms with Gasteiger partial charge in [0.05, 0.1) is 0 Å². The van der Waals surface area contributed by atoms with Crippen LogP contribution in [0.3, 0.4) is 0 Å². The summed E-state index contributed by atoms with van der Waals surface area (Å²) in [5.41, 5.74) is 0.991. The van der Waals surface area contributed by atoms with Gasteiger partial charge < -0.3 is 0 Å². The molecule has 0 nitrogen and oxygen atoms in total. The van der Waals surface area contributed by atoms with Gasteiger partial charge in [-0.1, -0.05) is 6.07 Å². The van der Waals surface area contributed by atoms with Crippen molar-refractivity contribution in [3.63, 3.8) is 0 Å². The maximum absolute atomic E-state index is 13.2. The summed E-state index contributed by atoms with van der Waals surface area (Å²) in [6.07, 6.45) is 4.43. The van der Waals surface area contributed by atoms with E-state index in [2.05, 4.69) is 0 Å². The van der Waals surface area contributed by atoms with Crippen LogP contribution in [0.5, 0.6) is 0 Å². The lowest BCUT2D eigenvalue weighted by Crippen LogP contribution is -2.24. The van der Waals surface area contributed by atoms with Crippen LogP contribution in [0.4, 0.5) is 8.78 Å². The molecule has 2 atom stereocenters. The van der Waals surface area contributed by atoms with E-state index in [1.54, 1.807) is 6.07 Å². The van der Waals surface area contributed by atoms with Crippen LogP contribution < -0.4 is 0 Å². The van der Waals surface area contributed by atoms with E-state index in [0.717, 1.165) is 36.7 Å². The van der Waals surface area contributed by atoms with Crippen LogP contribution in [0.1, 0.15) is 24.8 Å². The summed E-state index contributed by atoms with van der Waals surface area (Å²) in [5.74, 6) is 0.787. The van der Waals surface area contributed by atoms with Crippen molar-refractivity contribution in [2.24, 2.45) is 17.3 Å². The standard InChI is InChI=1S/C14H15ClF2/c15-8-14(6-10-4-11(10)7-14)5-9-1-2-12(16)13(17)3-9/h1-3,10-11H,4-8H2. The quantitative estimate of drug-likeness (QED) is 0.713. The van der Waals surface area contributed by atoms with Gasteiger partial charge in [0.2, 0.25) is 0 Å². The minimum atomic E-state index is -0.775. The van der Waals surface area contributed by atoms with Gasteiger partial charge in [0, 0.05) is 5.88 Å². The molecule has 2 aliphatic carbocycles. The minimum absolute atomic E-state index is 0.124. The highest BCUT2D eigenvalue weighted by Crippen LogP contribution is 2.61. The number of rotatable bonds is 3. The van der Waals surface area contributed by atoms with Crippen molar-refractivity contribution in [1.82, 2.24) is 0 Å². The number of fused-ring (bicyclic) bond motifs is 1. The summed E-state index contributed by atoms with van der Waals surface area (Å²) in [4.78, 5) is 0. The van der Waals surface area contributed by atoms with E-state index >= 15 is 0 Å². The van der Waals surface area contributed by atoms with Crippen LogP contribution in [-0.2, 0) is 6.42 Å². The maximum Gasteiger partial charge on any atom is 0.159 e. The molecule has 0 radical (unpaired) electrons. The number of alkyl halides is 1. The molecule has 1 aromatic rings. The molecule has 3 heteroatoms. The van der Waals surface area contributed by atoms with Gasteiger partial charge in [0.15, 0.2) is 11.6 Å². The van der Waals surface area contributed by atoms with Gasteiger partial charge in [-0.15, -0.1) is 11.6 Å². The van der Waals surface area contributed by atoms with Crippen molar-refractivity contribution in [2.45, 2.75) is 25.7 Å². The fraction of sp³-hybridized carbons (Fsp3) is 0.571. The highest BCUT2D eigenvalue weighted by atomic mass is 35.5. The maximum atomic E-state index is 13.2. The van der Waals surface area contributed by atoms with Gasteiger partial charge in [0.1, 0.15) is 0 Å². The number of hydrogen-bond acceptors (Lipinski definition) is 0. The predicted octanol–water partition coefficient (Wildman–Crippen LogP) is 4.16. The molecule has 0 N–H and O–H groups in total. The highest BCUT2D eigenvalue weighted by molar-refractivity contribution is 6.18. The molecule has 2 saturated carbocycles. The van der Waals surface area contributed by atoms with E-state index in [1.165, 1.54) is 18.6 Å². The van der Waals surface area contributed by atoms with E-state index < -0.39 is 11.6 Å². The van der Waals surface area contributed by atoms with E-state index in [9.17, 15) is 8.78 Å². The molecule has 2 unspecified atom stereocenters. The molecule has 0 heterocycles.